The van der Waals surface area contributed by atoms with Crippen LogP contribution in [-0.4, -0.2) is 67.3 Å². The van der Waals surface area contributed by atoms with Crippen molar-refractivity contribution in [3.8, 4) is 0 Å². The van der Waals surface area contributed by atoms with E-state index in [1.165, 1.54) is 4.57 Å². The molecule has 274 valence electrons. The molecule has 0 saturated carbocycles. The number of imidazole rings is 1. The van der Waals surface area contributed by atoms with Crippen LogP contribution < -0.4 is 32.9 Å². The first-order valence-electron chi connectivity index (χ1n) is 17.7. The second-order valence-corrected chi connectivity index (χ2v) is 12.5. The number of aliphatic carboxylic acids is 1. The number of fused-ring (bicyclic) bond motifs is 1. The number of hydrogen-bond donors (Lipinski definition) is 5. The number of carboxylic acids is 1. The topological polar surface area (TPSA) is 195 Å². The molecular weight excluding hydrogens is 652 g/mol. The number of amides is 2. The number of anilines is 1. The number of nitrogens with one attached hydrogen (secondary N) is 3. The number of carboxylic acid groups (broad SMARTS) is 1. The lowest BCUT2D eigenvalue weighted by Gasteiger charge is -2.17. The van der Waals surface area contributed by atoms with Crippen LogP contribution in [0.15, 0.2) is 64.2 Å². The van der Waals surface area contributed by atoms with Crippen LogP contribution in [0.5, 0.6) is 0 Å². The first-order chi connectivity index (χ1) is 24.7. The summed E-state index contributed by atoms with van der Waals surface area (Å²) in [6.07, 6.45) is 3.18. The molecule has 0 aliphatic heterocycles. The largest absolute Gasteiger partial charge is 0.481 e. The Labute approximate surface area is 297 Å². The summed E-state index contributed by atoms with van der Waals surface area (Å²) in [5.41, 5.74) is 7.66. The van der Waals surface area contributed by atoms with Crippen molar-refractivity contribution in [2.24, 2.45) is 5.73 Å². The van der Waals surface area contributed by atoms with Gasteiger partial charge in [-0.3, -0.25) is 28.3 Å². The highest BCUT2D eigenvalue weighted by atomic mass is 16.4. The molecule has 0 aliphatic carbocycles. The number of carbonyl (C=O) groups is 3. The molecular formula is C37H50N8O6. The van der Waals surface area contributed by atoms with Gasteiger partial charge in [0, 0.05) is 44.7 Å². The number of rotatable bonds is 21. The molecule has 0 aliphatic rings. The van der Waals surface area contributed by atoms with E-state index in [1.54, 1.807) is 22.8 Å². The molecule has 0 saturated heterocycles. The molecule has 4 rings (SSSR count). The third kappa shape index (κ3) is 10.7. The lowest BCUT2D eigenvalue weighted by Crippen LogP contribution is -2.45. The van der Waals surface area contributed by atoms with Gasteiger partial charge < -0.3 is 31.4 Å². The molecule has 0 radical (unpaired) electrons. The molecule has 14 nitrogen and oxygen atoms in total. The quantitative estimate of drug-likeness (QED) is 0.0812. The molecule has 2 aromatic heterocycles. The Morgan fingerprint density at radius 3 is 2.37 bits per heavy atom. The highest BCUT2D eigenvalue weighted by Crippen LogP contribution is 2.18. The van der Waals surface area contributed by atoms with Gasteiger partial charge in [-0.05, 0) is 62.0 Å². The van der Waals surface area contributed by atoms with Crippen LogP contribution in [0.4, 0.5) is 5.69 Å². The van der Waals surface area contributed by atoms with Crippen molar-refractivity contribution in [2.75, 3.05) is 25.0 Å². The lowest BCUT2D eigenvalue weighted by molar-refractivity contribution is -0.139. The average Bonchev–Trinajstić information content (AvgIpc) is 3.46. The predicted molar refractivity (Wildman–Crippen MR) is 197 cm³/mol. The normalized spacial score (nSPS) is 11.8. The van der Waals surface area contributed by atoms with E-state index in [-0.39, 0.29) is 25.1 Å². The van der Waals surface area contributed by atoms with Crippen molar-refractivity contribution in [2.45, 2.75) is 90.9 Å². The molecule has 4 aromatic rings. The van der Waals surface area contributed by atoms with E-state index in [0.29, 0.717) is 68.0 Å². The Bertz CT molecular complexity index is 1900. The van der Waals surface area contributed by atoms with Gasteiger partial charge in [-0.2, -0.15) is 0 Å². The number of nitrogens with two attached hydrogens (primary N) is 1. The standard InChI is InChI=1S/C37H50N8O6/c1-3-20-45-36(50)33-34(42-30(43(33)22-19-39-4-2)24-26-12-7-5-8-13-26)44(37(45)51)21-17-27-14-11-15-28(23-27)40-35(49)29(25-32(47)48)41-31(46)16-9-6-10-18-38/h5,7-8,11-15,23,29,39H,3-4,6,9-10,16-22,24-25,38H2,1-2H3,(H,40,49)(H,41,46)(H,47,48). The molecule has 6 N–H and O–H groups in total. The summed E-state index contributed by atoms with van der Waals surface area (Å²) < 4.78 is 4.77. The summed E-state index contributed by atoms with van der Waals surface area (Å²) in [5, 5.41) is 18.0. The molecule has 14 heteroatoms. The van der Waals surface area contributed by atoms with E-state index < -0.39 is 35.9 Å². The summed E-state index contributed by atoms with van der Waals surface area (Å²) in [7, 11) is 0. The summed E-state index contributed by atoms with van der Waals surface area (Å²) in [5.74, 6) is -1.58. The van der Waals surface area contributed by atoms with Gasteiger partial charge in [-0.15, -0.1) is 0 Å². The summed E-state index contributed by atoms with van der Waals surface area (Å²) in [6, 6.07) is 15.6. The average molecular weight is 703 g/mol. The van der Waals surface area contributed by atoms with Crippen LogP contribution in [0.3, 0.4) is 0 Å². The lowest BCUT2D eigenvalue weighted by atomic mass is 10.1. The maximum atomic E-state index is 13.9. The number of aryl methyl sites for hydroxylation is 2. The van der Waals surface area contributed by atoms with E-state index in [1.807, 2.05) is 54.8 Å². The third-order valence-electron chi connectivity index (χ3n) is 8.56. The van der Waals surface area contributed by atoms with Crippen molar-refractivity contribution < 1.29 is 19.5 Å². The maximum Gasteiger partial charge on any atom is 0.332 e. The van der Waals surface area contributed by atoms with Gasteiger partial charge in [0.05, 0.1) is 6.42 Å². The van der Waals surface area contributed by atoms with E-state index in [9.17, 15) is 29.1 Å². The van der Waals surface area contributed by atoms with Gasteiger partial charge in [0.25, 0.3) is 5.56 Å². The molecule has 1 unspecified atom stereocenters. The van der Waals surface area contributed by atoms with Crippen LogP contribution in [-0.2, 0) is 46.9 Å². The molecule has 0 bridgehead atoms. The number of nitrogens with zero attached hydrogens (tertiary/aromatic N) is 4. The van der Waals surface area contributed by atoms with Gasteiger partial charge >= 0.3 is 11.7 Å². The van der Waals surface area contributed by atoms with Gasteiger partial charge in [-0.25, -0.2) is 9.78 Å². The highest BCUT2D eigenvalue weighted by Gasteiger charge is 2.24. The Morgan fingerprint density at radius 2 is 1.67 bits per heavy atom. The molecule has 2 heterocycles. The van der Waals surface area contributed by atoms with Gasteiger partial charge in [0.15, 0.2) is 11.2 Å². The summed E-state index contributed by atoms with van der Waals surface area (Å²) in [6.45, 7) is 6.84. The second-order valence-electron chi connectivity index (χ2n) is 12.5. The van der Waals surface area contributed by atoms with Crippen LogP contribution in [0.1, 0.15) is 69.3 Å². The zero-order chi connectivity index (χ0) is 36.8. The van der Waals surface area contributed by atoms with Crippen molar-refractivity contribution in [3.05, 3.63) is 92.4 Å². The van der Waals surface area contributed by atoms with Crippen molar-refractivity contribution in [1.29, 1.82) is 0 Å². The fourth-order valence-electron chi connectivity index (χ4n) is 6.01. The number of aromatic nitrogens is 4. The maximum absolute atomic E-state index is 13.9. The predicted octanol–water partition coefficient (Wildman–Crippen LogP) is 2.63. The third-order valence-corrected chi connectivity index (χ3v) is 8.56. The Balaban J connectivity index is 1.61. The molecule has 2 aromatic carbocycles. The fourth-order valence-corrected chi connectivity index (χ4v) is 6.01. The van der Waals surface area contributed by atoms with Crippen LogP contribution in [0.2, 0.25) is 0 Å². The minimum absolute atomic E-state index is 0.165. The number of benzene rings is 2. The SMILES string of the molecule is CCCn1c(=O)c2c(nc(Cc3ccccc3)n2CCNCC)n(CCc2cccc(NC(=O)C(CC(=O)O)NC(=O)CCCCCN)c2)c1=O. The minimum atomic E-state index is -1.26. The van der Waals surface area contributed by atoms with Crippen LogP contribution in [0, 0.1) is 0 Å². The fraction of sp³-hybridized carbons (Fsp3) is 0.459. The van der Waals surface area contributed by atoms with Crippen LogP contribution >= 0.6 is 0 Å². The molecule has 2 amide bonds. The Kier molecular flexibility index (Phi) is 14.7. The summed E-state index contributed by atoms with van der Waals surface area (Å²) >= 11 is 0. The minimum Gasteiger partial charge on any atom is -0.481 e. The van der Waals surface area contributed by atoms with E-state index in [2.05, 4.69) is 16.0 Å². The monoisotopic (exact) mass is 702 g/mol. The first-order valence-corrected chi connectivity index (χ1v) is 17.7. The first kappa shape index (κ1) is 38.7. The number of unbranched alkanes of at least 4 members (excludes halogenated alkanes) is 2. The number of likely N-dealkylation sites (N-methyl/N-ethyl adjacent to an activating group) is 1. The smallest absolute Gasteiger partial charge is 0.332 e. The van der Waals surface area contributed by atoms with Crippen molar-refractivity contribution in [1.82, 2.24) is 29.3 Å². The Hall–Kier alpha value is -5.08. The number of carbonyl (C=O) groups excluding carboxylic acids is 2. The zero-order valence-electron chi connectivity index (χ0n) is 29.5. The molecule has 0 spiro atoms. The number of hydrogen-bond acceptors (Lipinski definition) is 8. The highest BCUT2D eigenvalue weighted by molar-refractivity contribution is 5.99. The zero-order valence-corrected chi connectivity index (χ0v) is 29.5. The molecule has 51 heavy (non-hydrogen) atoms. The second kappa shape index (κ2) is 19.3. The van der Waals surface area contributed by atoms with E-state index >= 15 is 0 Å². The summed E-state index contributed by atoms with van der Waals surface area (Å²) in [4.78, 5) is 69.7. The Morgan fingerprint density at radius 1 is 0.902 bits per heavy atom. The molecule has 0 fully saturated rings. The van der Waals surface area contributed by atoms with Crippen molar-refractivity contribution in [3.63, 3.8) is 0 Å². The van der Waals surface area contributed by atoms with Crippen LogP contribution in [0.25, 0.3) is 11.2 Å². The van der Waals surface area contributed by atoms with Gasteiger partial charge in [0.2, 0.25) is 11.8 Å². The van der Waals surface area contributed by atoms with Crippen molar-refractivity contribution >= 4 is 34.6 Å². The van der Waals surface area contributed by atoms with Gasteiger partial charge in [-0.1, -0.05) is 62.7 Å². The molecule has 1 atom stereocenters. The van der Waals surface area contributed by atoms with E-state index in [0.717, 1.165) is 30.5 Å². The van der Waals surface area contributed by atoms with E-state index in [4.69, 9.17) is 10.7 Å². The van der Waals surface area contributed by atoms with Gasteiger partial charge in [0.1, 0.15) is 11.9 Å².